The van der Waals surface area contributed by atoms with Crippen LogP contribution in [0.15, 0.2) is 47.9 Å². The first-order valence-corrected chi connectivity index (χ1v) is 11.8. The van der Waals surface area contributed by atoms with Crippen molar-refractivity contribution >= 4 is 44.0 Å². The number of benzene rings is 1. The molecule has 0 aliphatic carbocycles. The van der Waals surface area contributed by atoms with E-state index >= 15 is 0 Å². The smallest absolute Gasteiger partial charge is 0.271 e. The minimum atomic E-state index is -2.83. The minimum Gasteiger partial charge on any atom is -0.371 e. The molecule has 0 aliphatic rings. The molecule has 1 aromatic carbocycles. The van der Waals surface area contributed by atoms with Gasteiger partial charge in [-0.1, -0.05) is 6.92 Å². The third-order valence-corrected chi connectivity index (χ3v) is 7.01. The normalized spacial score (nSPS) is 12.9. The Morgan fingerprint density at radius 2 is 1.91 bits per heavy atom. The molecule has 0 bridgehead atoms. The highest BCUT2D eigenvalue weighted by Crippen LogP contribution is 2.32. The second-order valence-electron chi connectivity index (χ2n) is 7.26. The standard InChI is InChI=1S/C21H23N9O2S/c1-4-33(23,32)13-7-5-12(6-8-13)27-21-18(19(22)31)28-17(20(24-2)29-21)14-9-25-10-15-16(14)26-11-30(15)3/h5-11,23H,4H2,1-3H3,(H2,22,31)(H2,24,27,29). The van der Waals surface area contributed by atoms with Crippen LogP contribution in [0, 0.1) is 4.78 Å². The summed E-state index contributed by atoms with van der Waals surface area (Å²) in [5, 5.41) is 6.05. The highest BCUT2D eigenvalue weighted by atomic mass is 32.2. The number of imidazole rings is 1. The Kier molecular flexibility index (Phi) is 5.68. The number of hydrogen-bond acceptors (Lipinski definition) is 9. The Morgan fingerprint density at radius 3 is 2.55 bits per heavy atom. The minimum absolute atomic E-state index is 0.0566. The van der Waals surface area contributed by atoms with Gasteiger partial charge in [-0.3, -0.25) is 9.78 Å². The molecular formula is C21H23N9O2S. The molecule has 3 heterocycles. The van der Waals surface area contributed by atoms with Gasteiger partial charge in [0.05, 0.1) is 33.3 Å². The number of aryl methyl sites for hydroxylation is 1. The molecule has 4 rings (SSSR count). The monoisotopic (exact) mass is 465 g/mol. The number of nitrogens with zero attached hydrogens (tertiary/aromatic N) is 5. The zero-order valence-electron chi connectivity index (χ0n) is 18.3. The first-order valence-electron chi connectivity index (χ1n) is 10.0. The molecule has 33 heavy (non-hydrogen) atoms. The highest BCUT2D eigenvalue weighted by molar-refractivity contribution is 7.92. The average molecular weight is 466 g/mol. The van der Waals surface area contributed by atoms with Crippen LogP contribution in [0.2, 0.25) is 0 Å². The SMILES string of the molecule is CCS(=N)(=O)c1ccc(Nc2nc(NC)c(-c3cncc4c3ncn4C)nc2C(N)=O)cc1. The van der Waals surface area contributed by atoms with Crippen LogP contribution in [0.3, 0.4) is 0 Å². The largest absolute Gasteiger partial charge is 0.371 e. The molecule has 4 aromatic rings. The Bertz CT molecular complexity index is 1460. The fourth-order valence-corrected chi connectivity index (χ4v) is 4.24. The molecule has 12 heteroatoms. The first kappa shape index (κ1) is 22.1. The maximum absolute atomic E-state index is 12.3. The molecule has 1 amide bonds. The molecule has 0 saturated carbocycles. The topological polar surface area (TPSA) is 165 Å². The van der Waals surface area contributed by atoms with Crippen LogP contribution in [0.4, 0.5) is 17.3 Å². The predicted octanol–water partition coefficient (Wildman–Crippen LogP) is 2.74. The Hall–Kier alpha value is -4.06. The molecule has 1 unspecified atom stereocenters. The van der Waals surface area contributed by atoms with Crippen LogP contribution in [0.1, 0.15) is 17.4 Å². The van der Waals surface area contributed by atoms with Gasteiger partial charge in [0.15, 0.2) is 17.3 Å². The summed E-state index contributed by atoms with van der Waals surface area (Å²) in [6, 6.07) is 6.55. The lowest BCUT2D eigenvalue weighted by molar-refractivity contribution is 0.0996. The number of pyridine rings is 1. The molecule has 0 aliphatic heterocycles. The molecule has 0 radical (unpaired) electrons. The number of fused-ring (bicyclic) bond motifs is 1. The summed E-state index contributed by atoms with van der Waals surface area (Å²) in [5.41, 5.74) is 8.60. The zero-order valence-corrected chi connectivity index (χ0v) is 19.1. The van der Waals surface area contributed by atoms with Crippen LogP contribution >= 0.6 is 0 Å². The van der Waals surface area contributed by atoms with Crippen molar-refractivity contribution in [3.05, 3.63) is 48.7 Å². The van der Waals surface area contributed by atoms with Gasteiger partial charge in [-0.05, 0) is 24.3 Å². The number of carbonyl (C=O) groups is 1. The summed E-state index contributed by atoms with van der Waals surface area (Å²) in [5.74, 6) is 0.0276. The molecule has 11 nitrogen and oxygen atoms in total. The predicted molar refractivity (Wildman–Crippen MR) is 127 cm³/mol. The van der Waals surface area contributed by atoms with Crippen LogP contribution in [0.5, 0.6) is 0 Å². The fourth-order valence-electron chi connectivity index (χ4n) is 3.33. The van der Waals surface area contributed by atoms with Crippen molar-refractivity contribution < 1.29 is 9.00 Å². The van der Waals surface area contributed by atoms with E-state index in [-0.39, 0.29) is 17.3 Å². The molecule has 5 N–H and O–H groups in total. The van der Waals surface area contributed by atoms with E-state index in [0.29, 0.717) is 33.2 Å². The van der Waals surface area contributed by atoms with E-state index in [1.54, 1.807) is 57.0 Å². The third-order valence-electron chi connectivity index (χ3n) is 5.16. The second kappa shape index (κ2) is 8.47. The number of nitrogens with one attached hydrogen (secondary N) is 3. The van der Waals surface area contributed by atoms with E-state index in [0.717, 1.165) is 5.52 Å². The van der Waals surface area contributed by atoms with Gasteiger partial charge in [0.2, 0.25) is 0 Å². The maximum atomic E-state index is 12.3. The zero-order chi connectivity index (χ0) is 23.8. The van der Waals surface area contributed by atoms with Crippen molar-refractivity contribution in [1.29, 1.82) is 4.78 Å². The second-order valence-corrected chi connectivity index (χ2v) is 9.66. The molecule has 1 atom stereocenters. The summed E-state index contributed by atoms with van der Waals surface area (Å²) < 4.78 is 22.0. The number of hydrogen-bond donors (Lipinski definition) is 4. The van der Waals surface area contributed by atoms with Crippen molar-refractivity contribution in [1.82, 2.24) is 24.5 Å². The van der Waals surface area contributed by atoms with Crippen molar-refractivity contribution in [3.63, 3.8) is 0 Å². The first-order chi connectivity index (χ1) is 15.7. The number of carbonyl (C=O) groups excluding carboxylic acids is 1. The summed E-state index contributed by atoms with van der Waals surface area (Å²) in [7, 11) is 0.725. The number of amides is 1. The highest BCUT2D eigenvalue weighted by Gasteiger charge is 2.21. The lowest BCUT2D eigenvalue weighted by atomic mass is 10.1. The number of anilines is 3. The molecule has 3 aromatic heterocycles. The van der Waals surface area contributed by atoms with Gasteiger partial charge in [-0.2, -0.15) is 0 Å². The van der Waals surface area contributed by atoms with E-state index in [9.17, 15) is 9.00 Å². The van der Waals surface area contributed by atoms with Crippen molar-refractivity contribution in [2.75, 3.05) is 23.4 Å². The summed E-state index contributed by atoms with van der Waals surface area (Å²) >= 11 is 0. The van der Waals surface area contributed by atoms with Gasteiger partial charge in [-0.25, -0.2) is 23.9 Å². The van der Waals surface area contributed by atoms with Crippen LogP contribution in [-0.4, -0.2) is 47.4 Å². The van der Waals surface area contributed by atoms with Crippen LogP contribution in [0.25, 0.3) is 22.3 Å². The number of rotatable bonds is 7. The molecule has 0 spiro atoms. The van der Waals surface area contributed by atoms with Crippen molar-refractivity contribution in [2.45, 2.75) is 11.8 Å². The third kappa shape index (κ3) is 4.07. The van der Waals surface area contributed by atoms with Gasteiger partial charge >= 0.3 is 0 Å². The van der Waals surface area contributed by atoms with Gasteiger partial charge in [0.25, 0.3) is 5.91 Å². The number of primary amides is 1. The fraction of sp³-hybridized carbons (Fsp3) is 0.190. The molecule has 0 fully saturated rings. The van der Waals surface area contributed by atoms with Crippen LogP contribution < -0.4 is 16.4 Å². The Balaban J connectivity index is 1.80. The lowest BCUT2D eigenvalue weighted by Gasteiger charge is -2.15. The van der Waals surface area contributed by atoms with E-state index < -0.39 is 15.6 Å². The van der Waals surface area contributed by atoms with Gasteiger partial charge in [0, 0.05) is 36.6 Å². The molecule has 170 valence electrons. The Morgan fingerprint density at radius 1 is 1.18 bits per heavy atom. The van der Waals surface area contributed by atoms with Crippen LogP contribution in [-0.2, 0) is 16.8 Å². The van der Waals surface area contributed by atoms with Crippen molar-refractivity contribution in [2.24, 2.45) is 12.8 Å². The summed E-state index contributed by atoms with van der Waals surface area (Å²) in [6.07, 6.45) is 4.98. The van der Waals surface area contributed by atoms with E-state index in [4.69, 9.17) is 10.5 Å². The van der Waals surface area contributed by atoms with E-state index in [2.05, 4.69) is 30.6 Å². The summed E-state index contributed by atoms with van der Waals surface area (Å²) in [4.78, 5) is 30.4. The van der Waals surface area contributed by atoms with E-state index in [1.165, 1.54) is 0 Å². The summed E-state index contributed by atoms with van der Waals surface area (Å²) in [6.45, 7) is 1.71. The Labute approximate surface area is 190 Å². The molecule has 0 saturated heterocycles. The van der Waals surface area contributed by atoms with Gasteiger partial charge in [-0.15, -0.1) is 0 Å². The van der Waals surface area contributed by atoms with Crippen molar-refractivity contribution in [3.8, 4) is 11.3 Å². The number of nitrogens with two attached hydrogens (primary N) is 1. The number of aromatic nitrogens is 5. The van der Waals surface area contributed by atoms with Gasteiger partial charge in [0.1, 0.15) is 11.2 Å². The average Bonchev–Trinajstić information content (AvgIpc) is 3.20. The molecular weight excluding hydrogens is 442 g/mol. The lowest BCUT2D eigenvalue weighted by Crippen LogP contribution is -2.18. The quantitative estimate of drug-likeness (QED) is 0.323. The maximum Gasteiger partial charge on any atom is 0.271 e. The van der Waals surface area contributed by atoms with Gasteiger partial charge < -0.3 is 20.9 Å². The van der Waals surface area contributed by atoms with E-state index in [1.807, 2.05) is 11.6 Å².